The molecule has 0 saturated carbocycles. The fourth-order valence-electron chi connectivity index (χ4n) is 3.14. The van der Waals surface area contributed by atoms with Gasteiger partial charge in [0.2, 0.25) is 0 Å². The monoisotopic (exact) mass is 375 g/mol. The highest BCUT2D eigenvalue weighted by molar-refractivity contribution is 5.74. The number of anilines is 1. The maximum Gasteiger partial charge on any atom is 0.317 e. The smallest absolute Gasteiger partial charge is 0.317 e. The summed E-state index contributed by atoms with van der Waals surface area (Å²) in [5, 5.41) is 2.92. The van der Waals surface area contributed by atoms with Gasteiger partial charge in [0, 0.05) is 38.8 Å². The molecule has 3 rings (SSSR count). The Labute approximate surface area is 157 Å². The number of piperazine rings is 1. The first kappa shape index (κ1) is 18.9. The number of ether oxygens (including phenoxy) is 1. The van der Waals surface area contributed by atoms with Crippen molar-refractivity contribution >= 4 is 11.7 Å². The van der Waals surface area contributed by atoms with Crippen LogP contribution in [0.1, 0.15) is 5.56 Å². The highest BCUT2D eigenvalue weighted by Crippen LogP contribution is 2.21. The molecular formula is C20H23F2N3O2. The molecule has 7 heteroatoms. The first-order valence-corrected chi connectivity index (χ1v) is 8.92. The Morgan fingerprint density at radius 2 is 1.89 bits per heavy atom. The summed E-state index contributed by atoms with van der Waals surface area (Å²) in [5.74, 6) is -0.375. The molecule has 2 amide bonds. The van der Waals surface area contributed by atoms with Crippen molar-refractivity contribution in [2.24, 2.45) is 0 Å². The van der Waals surface area contributed by atoms with E-state index in [0.717, 1.165) is 17.4 Å². The zero-order chi connectivity index (χ0) is 19.2. The third-order valence-electron chi connectivity index (χ3n) is 4.64. The van der Waals surface area contributed by atoms with Gasteiger partial charge >= 0.3 is 6.03 Å². The van der Waals surface area contributed by atoms with Crippen LogP contribution < -0.4 is 15.0 Å². The first-order chi connectivity index (χ1) is 13.1. The summed E-state index contributed by atoms with van der Waals surface area (Å²) in [4.78, 5) is 15.9. The maximum absolute atomic E-state index is 13.9. The number of nitrogens with one attached hydrogen (secondary N) is 1. The van der Waals surface area contributed by atoms with Crippen molar-refractivity contribution in [3.63, 3.8) is 0 Å². The number of urea groups is 1. The van der Waals surface area contributed by atoms with Crippen LogP contribution in [0, 0.1) is 11.6 Å². The topological polar surface area (TPSA) is 44.8 Å². The van der Waals surface area contributed by atoms with E-state index in [1.165, 1.54) is 12.1 Å². The Kier molecular flexibility index (Phi) is 6.11. The number of rotatable bonds is 5. The number of carbonyl (C=O) groups excluding carboxylic acids is 1. The fraction of sp³-hybridized carbons (Fsp3) is 0.350. The zero-order valence-electron chi connectivity index (χ0n) is 15.3. The molecule has 2 aromatic rings. The molecule has 0 aliphatic carbocycles. The average molecular weight is 375 g/mol. The van der Waals surface area contributed by atoms with E-state index in [1.807, 2.05) is 29.2 Å². The molecule has 144 valence electrons. The molecule has 1 fully saturated rings. The second-order valence-electron chi connectivity index (χ2n) is 6.40. The van der Waals surface area contributed by atoms with Gasteiger partial charge in [-0.25, -0.2) is 13.6 Å². The van der Waals surface area contributed by atoms with Crippen molar-refractivity contribution in [2.45, 2.75) is 6.42 Å². The van der Waals surface area contributed by atoms with Gasteiger partial charge in [0.1, 0.15) is 17.4 Å². The van der Waals surface area contributed by atoms with E-state index in [9.17, 15) is 13.6 Å². The molecule has 1 N–H and O–H groups in total. The second kappa shape index (κ2) is 8.70. The number of methoxy groups -OCH3 is 1. The lowest BCUT2D eigenvalue weighted by Gasteiger charge is -2.36. The van der Waals surface area contributed by atoms with Gasteiger partial charge in [-0.05, 0) is 36.2 Å². The standard InChI is InChI=1S/C20H23F2N3O2/c1-27-17-4-2-3-15(13-17)7-8-23-20(26)25-11-9-24(10-12-25)19-6-5-16(21)14-18(19)22/h2-6,13-14H,7-12H2,1H3,(H,23,26). The zero-order valence-corrected chi connectivity index (χ0v) is 15.3. The minimum absolute atomic E-state index is 0.128. The van der Waals surface area contributed by atoms with Gasteiger partial charge in [-0.15, -0.1) is 0 Å². The minimum Gasteiger partial charge on any atom is -0.497 e. The van der Waals surface area contributed by atoms with Crippen molar-refractivity contribution in [1.82, 2.24) is 10.2 Å². The highest BCUT2D eigenvalue weighted by atomic mass is 19.1. The summed E-state index contributed by atoms with van der Waals surface area (Å²) < 4.78 is 32.1. The number of hydrogen-bond donors (Lipinski definition) is 1. The summed E-state index contributed by atoms with van der Waals surface area (Å²) in [6.07, 6.45) is 0.712. The molecule has 1 saturated heterocycles. The van der Waals surface area contributed by atoms with Crippen LogP contribution in [0.25, 0.3) is 0 Å². The number of amides is 2. The van der Waals surface area contributed by atoms with E-state index < -0.39 is 11.6 Å². The molecule has 0 aromatic heterocycles. The quantitative estimate of drug-likeness (QED) is 0.874. The fourth-order valence-corrected chi connectivity index (χ4v) is 3.14. The molecule has 0 atom stereocenters. The van der Waals surface area contributed by atoms with Crippen LogP contribution in [0.2, 0.25) is 0 Å². The molecule has 0 bridgehead atoms. The third-order valence-corrected chi connectivity index (χ3v) is 4.64. The lowest BCUT2D eigenvalue weighted by molar-refractivity contribution is 0.194. The number of nitrogens with zero attached hydrogens (tertiary/aromatic N) is 2. The van der Waals surface area contributed by atoms with Crippen molar-refractivity contribution in [3.05, 3.63) is 59.7 Å². The molecule has 0 spiro atoms. The molecule has 0 unspecified atom stereocenters. The van der Waals surface area contributed by atoms with Gasteiger partial charge in [0.25, 0.3) is 0 Å². The van der Waals surface area contributed by atoms with Crippen molar-refractivity contribution in [3.8, 4) is 5.75 Å². The van der Waals surface area contributed by atoms with Gasteiger partial charge in [-0.3, -0.25) is 0 Å². The Balaban J connectivity index is 1.45. The number of halogens is 2. The van der Waals surface area contributed by atoms with E-state index in [-0.39, 0.29) is 6.03 Å². The van der Waals surface area contributed by atoms with Crippen LogP contribution in [0.5, 0.6) is 5.75 Å². The number of benzene rings is 2. The lowest BCUT2D eigenvalue weighted by atomic mass is 10.1. The first-order valence-electron chi connectivity index (χ1n) is 8.92. The SMILES string of the molecule is COc1cccc(CCNC(=O)N2CCN(c3ccc(F)cc3F)CC2)c1. The van der Waals surface area contributed by atoms with E-state index in [1.54, 1.807) is 12.0 Å². The van der Waals surface area contributed by atoms with Crippen LogP contribution in [-0.4, -0.2) is 50.8 Å². The van der Waals surface area contributed by atoms with Crippen LogP contribution in [-0.2, 0) is 6.42 Å². The van der Waals surface area contributed by atoms with Crippen LogP contribution in [0.15, 0.2) is 42.5 Å². The summed E-state index contributed by atoms with van der Waals surface area (Å²) in [6, 6.07) is 11.2. The van der Waals surface area contributed by atoms with Crippen LogP contribution in [0.4, 0.5) is 19.3 Å². The molecule has 1 aliphatic heterocycles. The van der Waals surface area contributed by atoms with Gasteiger partial charge < -0.3 is 19.9 Å². The molecule has 27 heavy (non-hydrogen) atoms. The van der Waals surface area contributed by atoms with Gasteiger partial charge in [0.05, 0.1) is 12.8 Å². The molecule has 0 radical (unpaired) electrons. The number of carbonyl (C=O) groups is 1. The molecule has 2 aromatic carbocycles. The molecule has 1 heterocycles. The Bertz CT molecular complexity index is 793. The predicted octanol–water partition coefficient (Wildman–Crippen LogP) is 3.05. The third kappa shape index (κ3) is 4.87. The van der Waals surface area contributed by atoms with Crippen molar-refractivity contribution in [1.29, 1.82) is 0 Å². The summed E-state index contributed by atoms with van der Waals surface area (Å²) in [5.41, 5.74) is 1.46. The largest absolute Gasteiger partial charge is 0.497 e. The lowest BCUT2D eigenvalue weighted by Crippen LogP contribution is -2.52. The Hall–Kier alpha value is -2.83. The van der Waals surface area contributed by atoms with E-state index in [4.69, 9.17) is 4.74 Å². The maximum atomic E-state index is 13.9. The number of hydrogen-bond acceptors (Lipinski definition) is 3. The van der Waals surface area contributed by atoms with Gasteiger partial charge in [-0.2, -0.15) is 0 Å². The minimum atomic E-state index is -0.592. The summed E-state index contributed by atoms with van der Waals surface area (Å²) in [7, 11) is 1.62. The molecule has 5 nitrogen and oxygen atoms in total. The average Bonchev–Trinajstić information content (AvgIpc) is 2.68. The van der Waals surface area contributed by atoms with E-state index in [2.05, 4.69) is 5.32 Å². The van der Waals surface area contributed by atoms with Crippen molar-refractivity contribution < 1.29 is 18.3 Å². The van der Waals surface area contributed by atoms with Crippen molar-refractivity contribution in [2.75, 3.05) is 44.7 Å². The summed E-state index contributed by atoms with van der Waals surface area (Å²) in [6.45, 7) is 2.51. The predicted molar refractivity (Wildman–Crippen MR) is 100 cm³/mol. The molecular weight excluding hydrogens is 352 g/mol. The highest BCUT2D eigenvalue weighted by Gasteiger charge is 2.22. The van der Waals surface area contributed by atoms with Crippen LogP contribution in [0.3, 0.4) is 0 Å². The Morgan fingerprint density at radius 3 is 2.59 bits per heavy atom. The van der Waals surface area contributed by atoms with Gasteiger partial charge in [-0.1, -0.05) is 12.1 Å². The van der Waals surface area contributed by atoms with E-state index >= 15 is 0 Å². The van der Waals surface area contributed by atoms with Crippen LogP contribution >= 0.6 is 0 Å². The second-order valence-corrected chi connectivity index (χ2v) is 6.40. The summed E-state index contributed by atoms with van der Waals surface area (Å²) >= 11 is 0. The van der Waals surface area contributed by atoms with E-state index in [0.29, 0.717) is 44.8 Å². The normalized spacial score (nSPS) is 14.2. The Morgan fingerprint density at radius 1 is 1.11 bits per heavy atom. The molecule has 1 aliphatic rings. The van der Waals surface area contributed by atoms with Gasteiger partial charge in [0.15, 0.2) is 0 Å².